The van der Waals surface area contributed by atoms with Crippen LogP contribution >= 0.6 is 0 Å². The monoisotopic (exact) mass is 276 g/mol. The van der Waals surface area contributed by atoms with Gasteiger partial charge in [-0.25, -0.2) is 0 Å². The second-order valence-electron chi connectivity index (χ2n) is 8.42. The topological polar surface area (TPSA) is 0 Å². The van der Waals surface area contributed by atoms with Gasteiger partial charge in [0.15, 0.2) is 0 Å². The molecule has 3 fully saturated rings. The minimum absolute atomic E-state index is 0.0227. The molecule has 1 heteroatoms. The third-order valence-corrected chi connectivity index (χ3v) is 7.76. The highest BCUT2D eigenvalue weighted by molar-refractivity contribution is 5.25. The van der Waals surface area contributed by atoms with E-state index in [2.05, 4.69) is 13.0 Å². The van der Waals surface area contributed by atoms with Crippen LogP contribution in [0.25, 0.3) is 0 Å². The fourth-order valence-corrected chi connectivity index (χ4v) is 6.72. The molecule has 0 aromatic rings. The minimum atomic E-state index is -0.0799. The second-order valence-corrected chi connectivity index (χ2v) is 8.42. The maximum atomic E-state index is 14.2. The van der Waals surface area contributed by atoms with E-state index in [4.69, 9.17) is 0 Å². The van der Waals surface area contributed by atoms with Crippen LogP contribution in [0.4, 0.5) is 4.39 Å². The van der Waals surface area contributed by atoms with Crippen molar-refractivity contribution in [3.05, 3.63) is 11.6 Å². The second kappa shape index (κ2) is 4.58. The first-order valence-corrected chi connectivity index (χ1v) is 8.95. The fraction of sp³-hybridized carbons (Fsp3) is 0.895. The zero-order valence-electron chi connectivity index (χ0n) is 13.0. The summed E-state index contributed by atoms with van der Waals surface area (Å²) < 4.78 is 14.2. The molecule has 4 rings (SSSR count). The van der Waals surface area contributed by atoms with Crippen molar-refractivity contribution in [2.75, 3.05) is 6.67 Å². The average Bonchev–Trinajstić information content (AvgIpc) is 2.88. The lowest BCUT2D eigenvalue weighted by molar-refractivity contribution is -0.0414. The molecule has 0 radical (unpaired) electrons. The van der Waals surface area contributed by atoms with E-state index in [1.165, 1.54) is 63.4 Å². The van der Waals surface area contributed by atoms with Crippen molar-refractivity contribution >= 4 is 0 Å². The number of hydrogen-bond donors (Lipinski definition) is 0. The zero-order chi connectivity index (χ0) is 13.8. The van der Waals surface area contributed by atoms with Crippen molar-refractivity contribution in [1.82, 2.24) is 0 Å². The van der Waals surface area contributed by atoms with E-state index in [0.29, 0.717) is 11.3 Å². The van der Waals surface area contributed by atoms with Gasteiger partial charge in [0.2, 0.25) is 0 Å². The van der Waals surface area contributed by atoms with Gasteiger partial charge < -0.3 is 0 Å². The standard InChI is InChI=1S/C19H29F/c1-18-10-4-6-16(18)15-8-7-14-5-2-3-11-19(14,13-20)17(15)9-12-18/h7,15-17H,2-6,8-13H2,1H3/t15-,16-,17+,18-,19+/m0/s1. The summed E-state index contributed by atoms with van der Waals surface area (Å²) in [6.45, 7) is 2.45. The molecule has 5 atom stereocenters. The Morgan fingerprint density at radius 2 is 2.00 bits per heavy atom. The van der Waals surface area contributed by atoms with Crippen LogP contribution in [0.5, 0.6) is 0 Å². The van der Waals surface area contributed by atoms with Crippen molar-refractivity contribution in [3.8, 4) is 0 Å². The Balaban J connectivity index is 1.72. The quantitative estimate of drug-likeness (QED) is 0.541. The molecule has 0 nitrogen and oxygen atoms in total. The molecule has 4 aliphatic carbocycles. The number of fused-ring (bicyclic) bond motifs is 5. The maximum absolute atomic E-state index is 14.2. The van der Waals surface area contributed by atoms with Gasteiger partial charge in [-0.15, -0.1) is 0 Å². The summed E-state index contributed by atoms with van der Waals surface area (Å²) in [7, 11) is 0. The van der Waals surface area contributed by atoms with Gasteiger partial charge in [-0.05, 0) is 74.5 Å². The predicted molar refractivity (Wildman–Crippen MR) is 81.2 cm³/mol. The first-order valence-electron chi connectivity index (χ1n) is 8.95. The van der Waals surface area contributed by atoms with E-state index in [9.17, 15) is 4.39 Å². The Kier molecular flexibility index (Phi) is 3.06. The minimum Gasteiger partial charge on any atom is -0.250 e. The van der Waals surface area contributed by atoms with Gasteiger partial charge in [-0.1, -0.05) is 31.4 Å². The fourth-order valence-electron chi connectivity index (χ4n) is 6.72. The van der Waals surface area contributed by atoms with Crippen LogP contribution in [0.1, 0.15) is 71.1 Å². The third kappa shape index (κ3) is 1.64. The largest absolute Gasteiger partial charge is 0.250 e. The Hall–Kier alpha value is -0.330. The Morgan fingerprint density at radius 3 is 2.85 bits per heavy atom. The Bertz CT molecular complexity index is 425. The summed E-state index contributed by atoms with van der Waals surface area (Å²) in [5.74, 6) is 2.36. The molecule has 0 N–H and O–H groups in total. The molecule has 0 amide bonds. The van der Waals surface area contributed by atoms with Gasteiger partial charge in [0.05, 0.1) is 6.67 Å². The number of halogens is 1. The summed E-state index contributed by atoms with van der Waals surface area (Å²) >= 11 is 0. The number of alkyl halides is 1. The van der Waals surface area contributed by atoms with E-state index in [0.717, 1.165) is 18.3 Å². The van der Waals surface area contributed by atoms with Gasteiger partial charge in [0, 0.05) is 5.41 Å². The van der Waals surface area contributed by atoms with Crippen molar-refractivity contribution in [1.29, 1.82) is 0 Å². The van der Waals surface area contributed by atoms with Crippen molar-refractivity contribution in [2.45, 2.75) is 71.1 Å². The molecule has 0 heterocycles. The lowest BCUT2D eigenvalue weighted by Gasteiger charge is -2.57. The van der Waals surface area contributed by atoms with E-state index in [1.807, 2.05) is 0 Å². The van der Waals surface area contributed by atoms with E-state index >= 15 is 0 Å². The molecule has 112 valence electrons. The highest BCUT2D eigenvalue weighted by atomic mass is 19.1. The summed E-state index contributed by atoms with van der Waals surface area (Å²) in [6, 6.07) is 0. The molecular weight excluding hydrogens is 247 g/mol. The van der Waals surface area contributed by atoms with Gasteiger partial charge in [-0.2, -0.15) is 0 Å². The van der Waals surface area contributed by atoms with Crippen molar-refractivity contribution in [3.63, 3.8) is 0 Å². The van der Waals surface area contributed by atoms with Crippen LogP contribution < -0.4 is 0 Å². The van der Waals surface area contributed by atoms with Gasteiger partial charge in [0.25, 0.3) is 0 Å². The first-order chi connectivity index (χ1) is 9.70. The van der Waals surface area contributed by atoms with E-state index in [1.54, 1.807) is 0 Å². The van der Waals surface area contributed by atoms with Crippen LogP contribution in [0, 0.1) is 28.6 Å². The van der Waals surface area contributed by atoms with Crippen LogP contribution in [0.15, 0.2) is 11.6 Å². The zero-order valence-corrected chi connectivity index (χ0v) is 13.0. The molecular formula is C19H29F. The molecule has 0 unspecified atom stereocenters. The van der Waals surface area contributed by atoms with E-state index < -0.39 is 0 Å². The van der Waals surface area contributed by atoms with Crippen molar-refractivity contribution < 1.29 is 4.39 Å². The molecule has 0 bridgehead atoms. The number of hydrogen-bond acceptors (Lipinski definition) is 0. The molecule has 0 aromatic carbocycles. The molecule has 3 saturated carbocycles. The van der Waals surface area contributed by atoms with Gasteiger partial charge in [-0.3, -0.25) is 4.39 Å². The van der Waals surface area contributed by atoms with Crippen LogP contribution in [0.2, 0.25) is 0 Å². The van der Waals surface area contributed by atoms with Crippen LogP contribution in [0.3, 0.4) is 0 Å². The predicted octanol–water partition coefficient (Wildman–Crippen LogP) is 5.68. The van der Waals surface area contributed by atoms with Gasteiger partial charge in [0.1, 0.15) is 0 Å². The molecule has 4 aliphatic rings. The summed E-state index contributed by atoms with van der Waals surface area (Å²) in [6.07, 6.45) is 15.6. The summed E-state index contributed by atoms with van der Waals surface area (Å²) in [5, 5.41) is 0. The van der Waals surface area contributed by atoms with Crippen LogP contribution in [-0.4, -0.2) is 6.67 Å². The SMILES string of the molecule is C[C@@]12CCC[C@H]1[C@@H]1CC=C3CCCC[C@]3(CF)[C@@H]1CC2. The highest BCUT2D eigenvalue weighted by Gasteiger charge is 2.56. The van der Waals surface area contributed by atoms with E-state index in [-0.39, 0.29) is 12.1 Å². The summed E-state index contributed by atoms with van der Waals surface area (Å²) in [5.41, 5.74) is 2.10. The molecule has 0 aromatic heterocycles. The third-order valence-electron chi connectivity index (χ3n) is 7.76. The smallest absolute Gasteiger partial charge is 0.0990 e. The maximum Gasteiger partial charge on any atom is 0.0990 e. The lowest BCUT2D eigenvalue weighted by atomic mass is 9.48. The lowest BCUT2D eigenvalue weighted by Crippen LogP contribution is -2.50. The molecule has 0 spiro atoms. The van der Waals surface area contributed by atoms with Crippen LogP contribution in [-0.2, 0) is 0 Å². The average molecular weight is 276 g/mol. The van der Waals surface area contributed by atoms with Crippen molar-refractivity contribution in [2.24, 2.45) is 28.6 Å². The highest BCUT2D eigenvalue weighted by Crippen LogP contribution is 2.64. The summed E-state index contributed by atoms with van der Waals surface area (Å²) in [4.78, 5) is 0. The molecule has 0 aliphatic heterocycles. The Labute approximate surface area is 123 Å². The Morgan fingerprint density at radius 1 is 1.10 bits per heavy atom. The van der Waals surface area contributed by atoms with Gasteiger partial charge >= 0.3 is 0 Å². The molecule has 20 heavy (non-hydrogen) atoms. The number of rotatable bonds is 1. The normalized spacial score (nSPS) is 50.9. The molecule has 0 saturated heterocycles. The first kappa shape index (κ1) is 13.3. The number of allylic oxidation sites excluding steroid dienone is 2.